The van der Waals surface area contributed by atoms with Gasteiger partial charge in [-0.3, -0.25) is 4.79 Å². The lowest BCUT2D eigenvalue weighted by Crippen LogP contribution is -2.04. The summed E-state index contributed by atoms with van der Waals surface area (Å²) in [5.74, 6) is 1.12. The third-order valence-corrected chi connectivity index (χ3v) is 3.44. The number of Topliss-reactive ketones (excluding diaryl/α,β-unsaturated/α-hetero) is 1. The van der Waals surface area contributed by atoms with Crippen molar-refractivity contribution in [2.24, 2.45) is 0 Å². The molecule has 0 spiro atoms. The SMILES string of the molecule is COc1ccc(/C=C(\C#N)C(=O)c2ccccc2OC)cc1OC. The van der Waals surface area contributed by atoms with E-state index in [1.54, 1.807) is 49.6 Å². The first-order valence-corrected chi connectivity index (χ1v) is 7.16. The first-order valence-electron chi connectivity index (χ1n) is 7.16. The zero-order valence-electron chi connectivity index (χ0n) is 13.7. The Balaban J connectivity index is 2.43. The molecule has 24 heavy (non-hydrogen) atoms. The van der Waals surface area contributed by atoms with Crippen LogP contribution in [0.5, 0.6) is 17.2 Å². The average Bonchev–Trinajstić information content (AvgIpc) is 2.65. The van der Waals surface area contributed by atoms with Gasteiger partial charge in [0.25, 0.3) is 0 Å². The first kappa shape index (κ1) is 17.1. The van der Waals surface area contributed by atoms with Crippen LogP contribution in [0.4, 0.5) is 0 Å². The van der Waals surface area contributed by atoms with E-state index in [9.17, 15) is 10.1 Å². The summed E-state index contributed by atoms with van der Waals surface area (Å²) in [5.41, 5.74) is 1.01. The molecule has 2 aromatic rings. The summed E-state index contributed by atoms with van der Waals surface area (Å²) < 4.78 is 15.6. The highest BCUT2D eigenvalue weighted by molar-refractivity contribution is 6.15. The number of benzene rings is 2. The van der Waals surface area contributed by atoms with Crippen molar-refractivity contribution in [3.8, 4) is 23.3 Å². The standard InChI is InChI=1S/C19H17NO4/c1-22-16-7-5-4-6-15(16)19(21)14(12-20)10-13-8-9-17(23-2)18(11-13)24-3/h4-11H,1-3H3/b14-10+. The summed E-state index contributed by atoms with van der Waals surface area (Å²) in [6, 6.07) is 13.9. The van der Waals surface area contributed by atoms with E-state index in [0.29, 0.717) is 28.4 Å². The molecule has 122 valence electrons. The summed E-state index contributed by atoms with van der Waals surface area (Å²) in [6.07, 6.45) is 1.51. The van der Waals surface area contributed by atoms with Crippen molar-refractivity contribution in [3.05, 3.63) is 59.2 Å². The molecule has 0 N–H and O–H groups in total. The van der Waals surface area contributed by atoms with Gasteiger partial charge >= 0.3 is 0 Å². The summed E-state index contributed by atoms with van der Waals surface area (Å²) in [5, 5.41) is 9.37. The van der Waals surface area contributed by atoms with Crippen molar-refractivity contribution in [2.75, 3.05) is 21.3 Å². The zero-order chi connectivity index (χ0) is 17.5. The molecule has 0 aliphatic rings. The van der Waals surface area contributed by atoms with Gasteiger partial charge in [-0.25, -0.2) is 0 Å². The Hall–Kier alpha value is -3.26. The van der Waals surface area contributed by atoms with Gasteiger partial charge in [0.1, 0.15) is 17.4 Å². The highest BCUT2D eigenvalue weighted by Crippen LogP contribution is 2.29. The molecule has 0 bridgehead atoms. The average molecular weight is 323 g/mol. The lowest BCUT2D eigenvalue weighted by molar-refractivity contribution is 0.103. The molecule has 0 saturated heterocycles. The molecule has 0 aliphatic carbocycles. The Morgan fingerprint density at radius 1 is 0.958 bits per heavy atom. The molecule has 0 amide bonds. The number of methoxy groups -OCH3 is 3. The van der Waals surface area contributed by atoms with E-state index >= 15 is 0 Å². The van der Waals surface area contributed by atoms with Crippen LogP contribution in [0.25, 0.3) is 6.08 Å². The third kappa shape index (κ3) is 3.55. The van der Waals surface area contributed by atoms with Crippen molar-refractivity contribution in [1.29, 1.82) is 5.26 Å². The molecule has 0 heterocycles. The number of ether oxygens (including phenoxy) is 3. The maximum absolute atomic E-state index is 12.6. The Labute approximate surface area is 140 Å². The van der Waals surface area contributed by atoms with E-state index < -0.39 is 5.78 Å². The maximum atomic E-state index is 12.6. The largest absolute Gasteiger partial charge is 0.496 e. The molecule has 0 fully saturated rings. The third-order valence-electron chi connectivity index (χ3n) is 3.44. The van der Waals surface area contributed by atoms with Crippen molar-refractivity contribution >= 4 is 11.9 Å². The quantitative estimate of drug-likeness (QED) is 0.462. The van der Waals surface area contributed by atoms with Crippen LogP contribution in [-0.4, -0.2) is 27.1 Å². The van der Waals surface area contributed by atoms with E-state index in [-0.39, 0.29) is 5.57 Å². The second-order valence-corrected chi connectivity index (χ2v) is 4.81. The molecule has 0 aromatic heterocycles. The molecule has 5 heteroatoms. The van der Waals surface area contributed by atoms with Gasteiger partial charge in [0, 0.05) is 0 Å². The van der Waals surface area contributed by atoms with Gasteiger partial charge in [-0.15, -0.1) is 0 Å². The first-order chi connectivity index (χ1) is 11.6. The van der Waals surface area contributed by atoms with Gasteiger partial charge < -0.3 is 14.2 Å². The maximum Gasteiger partial charge on any atom is 0.207 e. The summed E-state index contributed by atoms with van der Waals surface area (Å²) in [6.45, 7) is 0. The Bertz CT molecular complexity index is 818. The van der Waals surface area contributed by atoms with Gasteiger partial charge in [-0.05, 0) is 35.9 Å². The minimum atomic E-state index is -0.398. The minimum Gasteiger partial charge on any atom is -0.496 e. The van der Waals surface area contributed by atoms with E-state index in [1.165, 1.54) is 20.3 Å². The van der Waals surface area contributed by atoms with E-state index in [0.717, 1.165) is 0 Å². The van der Waals surface area contributed by atoms with Crippen LogP contribution >= 0.6 is 0 Å². The Morgan fingerprint density at radius 3 is 2.25 bits per heavy atom. The van der Waals surface area contributed by atoms with Crippen molar-refractivity contribution < 1.29 is 19.0 Å². The number of allylic oxidation sites excluding steroid dienone is 1. The fraction of sp³-hybridized carbons (Fsp3) is 0.158. The number of ketones is 1. The number of carbonyl (C=O) groups excluding carboxylic acids is 1. The van der Waals surface area contributed by atoms with E-state index in [2.05, 4.69) is 0 Å². The van der Waals surface area contributed by atoms with Crippen molar-refractivity contribution in [2.45, 2.75) is 0 Å². The Kier molecular flexibility index (Phi) is 5.58. The molecule has 5 nitrogen and oxygen atoms in total. The second-order valence-electron chi connectivity index (χ2n) is 4.81. The lowest BCUT2D eigenvalue weighted by Gasteiger charge is -2.08. The van der Waals surface area contributed by atoms with Crippen LogP contribution in [0.15, 0.2) is 48.0 Å². The number of nitrogens with zero attached hydrogens (tertiary/aromatic N) is 1. The Morgan fingerprint density at radius 2 is 1.62 bits per heavy atom. The molecule has 2 aromatic carbocycles. The van der Waals surface area contributed by atoms with E-state index in [1.807, 2.05) is 6.07 Å². The highest BCUT2D eigenvalue weighted by Gasteiger charge is 2.16. The molecule has 0 radical (unpaired) electrons. The molecule has 0 saturated carbocycles. The normalized spacial score (nSPS) is 10.7. The number of hydrogen-bond acceptors (Lipinski definition) is 5. The fourth-order valence-corrected chi connectivity index (χ4v) is 2.24. The number of nitriles is 1. The zero-order valence-corrected chi connectivity index (χ0v) is 13.7. The fourth-order valence-electron chi connectivity index (χ4n) is 2.24. The minimum absolute atomic E-state index is 0.00622. The highest BCUT2D eigenvalue weighted by atomic mass is 16.5. The van der Waals surface area contributed by atoms with Gasteiger partial charge in [0.05, 0.1) is 26.9 Å². The van der Waals surface area contributed by atoms with Crippen LogP contribution in [0.2, 0.25) is 0 Å². The van der Waals surface area contributed by atoms with Crippen LogP contribution in [-0.2, 0) is 0 Å². The van der Waals surface area contributed by atoms with Crippen LogP contribution < -0.4 is 14.2 Å². The molecular formula is C19H17NO4. The predicted octanol–water partition coefficient (Wildman–Crippen LogP) is 3.50. The number of rotatable bonds is 6. The predicted molar refractivity (Wildman–Crippen MR) is 90.5 cm³/mol. The van der Waals surface area contributed by atoms with Crippen LogP contribution in [0.3, 0.4) is 0 Å². The molecular weight excluding hydrogens is 306 g/mol. The smallest absolute Gasteiger partial charge is 0.207 e. The van der Waals surface area contributed by atoms with Gasteiger partial charge in [-0.1, -0.05) is 18.2 Å². The molecule has 2 rings (SSSR count). The number of hydrogen-bond donors (Lipinski definition) is 0. The summed E-state index contributed by atoms with van der Waals surface area (Å²) >= 11 is 0. The monoisotopic (exact) mass is 323 g/mol. The molecule has 0 unspecified atom stereocenters. The summed E-state index contributed by atoms with van der Waals surface area (Å²) in [7, 11) is 4.55. The molecule has 0 aliphatic heterocycles. The number of para-hydroxylation sites is 1. The number of carbonyl (C=O) groups is 1. The summed E-state index contributed by atoms with van der Waals surface area (Å²) in [4.78, 5) is 12.6. The van der Waals surface area contributed by atoms with Gasteiger partial charge in [-0.2, -0.15) is 5.26 Å². The van der Waals surface area contributed by atoms with Crippen molar-refractivity contribution in [1.82, 2.24) is 0 Å². The molecule has 0 atom stereocenters. The van der Waals surface area contributed by atoms with Crippen LogP contribution in [0, 0.1) is 11.3 Å². The van der Waals surface area contributed by atoms with Crippen molar-refractivity contribution in [3.63, 3.8) is 0 Å². The topological polar surface area (TPSA) is 68.5 Å². The second kappa shape index (κ2) is 7.84. The van der Waals surface area contributed by atoms with E-state index in [4.69, 9.17) is 14.2 Å². The van der Waals surface area contributed by atoms with Gasteiger partial charge in [0.15, 0.2) is 11.5 Å². The lowest BCUT2D eigenvalue weighted by atomic mass is 10.0. The van der Waals surface area contributed by atoms with Crippen LogP contribution in [0.1, 0.15) is 15.9 Å². The van der Waals surface area contributed by atoms with Gasteiger partial charge in [0.2, 0.25) is 5.78 Å².